The van der Waals surface area contributed by atoms with Crippen LogP contribution in [0.5, 0.6) is 5.75 Å². The van der Waals surface area contributed by atoms with E-state index in [0.29, 0.717) is 24.1 Å². The van der Waals surface area contributed by atoms with Crippen LogP contribution in [0.15, 0.2) is 48.7 Å². The summed E-state index contributed by atoms with van der Waals surface area (Å²) in [6.45, 7) is 0. The number of aromatic nitrogens is 2. The van der Waals surface area contributed by atoms with Crippen LogP contribution in [0.2, 0.25) is 0 Å². The second kappa shape index (κ2) is 10.1. The summed E-state index contributed by atoms with van der Waals surface area (Å²) in [4.78, 5) is 8.01. The van der Waals surface area contributed by atoms with Gasteiger partial charge in [0.25, 0.3) is 0 Å². The first kappa shape index (κ1) is 26.5. The molecule has 2 aromatic carbocycles. The van der Waals surface area contributed by atoms with Crippen LogP contribution in [0.1, 0.15) is 22.7 Å². The second-order valence-electron chi connectivity index (χ2n) is 8.62. The number of methoxy groups -OCH3 is 1. The van der Waals surface area contributed by atoms with Crippen LogP contribution in [0.25, 0.3) is 0 Å². The second-order valence-corrected chi connectivity index (χ2v) is 10.7. The van der Waals surface area contributed by atoms with Gasteiger partial charge in [-0.05, 0) is 29.7 Å². The first-order valence-electron chi connectivity index (χ1n) is 11.3. The molecule has 3 N–H and O–H groups in total. The third kappa shape index (κ3) is 5.57. The lowest BCUT2D eigenvalue weighted by atomic mass is 10.1. The molecule has 0 unspecified atom stereocenters. The number of nitrogens with one attached hydrogen (secondary N) is 3. The highest BCUT2D eigenvalue weighted by Crippen LogP contribution is 2.41. The lowest BCUT2D eigenvalue weighted by Gasteiger charge is -2.30. The molecule has 37 heavy (non-hydrogen) atoms. The lowest BCUT2D eigenvalue weighted by Crippen LogP contribution is -2.39. The van der Waals surface area contributed by atoms with Crippen molar-refractivity contribution in [2.45, 2.75) is 24.7 Å². The highest BCUT2D eigenvalue weighted by molar-refractivity contribution is 7.88. The Hall–Kier alpha value is -3.58. The number of nitrogens with zero attached hydrogens (tertiary/aromatic N) is 3. The average molecular weight is 537 g/mol. The minimum absolute atomic E-state index is 0.0884. The van der Waals surface area contributed by atoms with E-state index in [1.165, 1.54) is 14.2 Å². The zero-order valence-electron chi connectivity index (χ0n) is 20.6. The van der Waals surface area contributed by atoms with E-state index in [-0.39, 0.29) is 5.95 Å². The van der Waals surface area contributed by atoms with E-state index in [9.17, 15) is 21.6 Å². The van der Waals surface area contributed by atoms with Gasteiger partial charge in [-0.3, -0.25) is 0 Å². The fourth-order valence-electron chi connectivity index (χ4n) is 4.37. The van der Waals surface area contributed by atoms with Crippen LogP contribution in [0.4, 0.5) is 36.3 Å². The lowest BCUT2D eigenvalue weighted by molar-refractivity contribution is -0.137. The average Bonchev–Trinajstić information content (AvgIpc) is 3.20. The molecule has 1 aliphatic rings. The molecule has 0 amide bonds. The van der Waals surface area contributed by atoms with Gasteiger partial charge in [-0.25, -0.2) is 13.4 Å². The number of benzene rings is 2. The van der Waals surface area contributed by atoms with Gasteiger partial charge in [0, 0.05) is 32.0 Å². The SMILES string of the molecule is CNc1ccc(Nc2ncc(C(F)(F)F)c(N[C@@H]3Cc4ccccc4[C@H]3N(C)S(C)(=O)=O)n2)c(OC)c1. The Bertz CT molecular complexity index is 1400. The number of likely N-dealkylation sites (N-methyl/N-ethyl adjacent to an activating group) is 1. The Morgan fingerprint density at radius 2 is 1.89 bits per heavy atom. The Morgan fingerprint density at radius 3 is 2.54 bits per heavy atom. The standard InChI is InChI=1S/C24H27F3N6O3S/c1-28-15-9-10-18(20(12-15)36-3)31-23-29-13-17(24(25,26)27)22(32-23)30-19-11-14-7-5-6-8-16(14)21(19)33(2)37(4,34)35/h5-10,12-13,19,21,28H,11H2,1-4H3,(H2,29,30,31,32)/t19-,21-/m1/s1. The summed E-state index contributed by atoms with van der Waals surface area (Å²) in [5, 5.41) is 8.76. The summed E-state index contributed by atoms with van der Waals surface area (Å²) in [6, 6.07) is 10.9. The summed E-state index contributed by atoms with van der Waals surface area (Å²) < 4.78 is 73.0. The quantitative estimate of drug-likeness (QED) is 0.392. The number of ether oxygens (including phenoxy) is 1. The van der Waals surface area contributed by atoms with Crippen LogP contribution in [0, 0.1) is 0 Å². The van der Waals surface area contributed by atoms with Crippen LogP contribution in [0.3, 0.4) is 0 Å². The van der Waals surface area contributed by atoms with Crippen molar-refractivity contribution >= 4 is 33.2 Å². The van der Waals surface area contributed by atoms with E-state index in [0.717, 1.165) is 27.4 Å². The summed E-state index contributed by atoms with van der Waals surface area (Å²) in [6.07, 6.45) is -2.67. The molecule has 2 atom stereocenters. The number of alkyl halides is 3. The minimum atomic E-state index is -4.74. The number of sulfonamides is 1. The van der Waals surface area contributed by atoms with Crippen molar-refractivity contribution in [2.24, 2.45) is 0 Å². The third-order valence-electron chi connectivity index (χ3n) is 6.26. The van der Waals surface area contributed by atoms with Gasteiger partial charge in [0.1, 0.15) is 17.1 Å². The highest BCUT2D eigenvalue weighted by Gasteiger charge is 2.41. The summed E-state index contributed by atoms with van der Waals surface area (Å²) in [7, 11) is 0.978. The van der Waals surface area contributed by atoms with Gasteiger partial charge in [0.05, 0.1) is 31.1 Å². The van der Waals surface area contributed by atoms with E-state index in [2.05, 4.69) is 25.9 Å². The molecule has 0 spiro atoms. The van der Waals surface area contributed by atoms with E-state index < -0.39 is 39.7 Å². The van der Waals surface area contributed by atoms with Gasteiger partial charge in [-0.2, -0.15) is 22.5 Å². The van der Waals surface area contributed by atoms with Crippen LogP contribution in [-0.2, 0) is 22.6 Å². The number of hydrogen-bond donors (Lipinski definition) is 3. The van der Waals surface area contributed by atoms with Crippen LogP contribution < -0.4 is 20.7 Å². The fourth-order valence-corrected chi connectivity index (χ4v) is 5.04. The normalized spacial score (nSPS) is 17.4. The molecule has 3 aromatic rings. The number of anilines is 4. The van der Waals surface area contributed by atoms with Gasteiger partial charge in [-0.15, -0.1) is 0 Å². The van der Waals surface area contributed by atoms with Crippen molar-refractivity contribution in [2.75, 3.05) is 43.4 Å². The monoisotopic (exact) mass is 536 g/mol. The molecule has 1 aromatic heterocycles. The minimum Gasteiger partial charge on any atom is -0.494 e. The molecule has 13 heteroatoms. The molecule has 9 nitrogen and oxygen atoms in total. The number of rotatable bonds is 8. The topological polar surface area (TPSA) is 108 Å². The van der Waals surface area contributed by atoms with Crippen molar-refractivity contribution in [1.82, 2.24) is 14.3 Å². The molecular weight excluding hydrogens is 509 g/mol. The molecule has 0 bridgehead atoms. The number of halogens is 3. The Balaban J connectivity index is 1.72. The fraction of sp³-hybridized carbons (Fsp3) is 0.333. The van der Waals surface area contributed by atoms with Crippen LogP contribution in [-0.4, -0.2) is 56.2 Å². The number of fused-ring (bicyclic) bond motifs is 1. The molecule has 0 aliphatic heterocycles. The zero-order chi connectivity index (χ0) is 27.0. The maximum Gasteiger partial charge on any atom is 0.421 e. The molecule has 198 valence electrons. The smallest absolute Gasteiger partial charge is 0.421 e. The first-order valence-corrected chi connectivity index (χ1v) is 13.1. The van der Waals surface area contributed by atoms with Crippen molar-refractivity contribution in [3.63, 3.8) is 0 Å². The van der Waals surface area contributed by atoms with Crippen molar-refractivity contribution < 1.29 is 26.3 Å². The molecule has 0 saturated heterocycles. The van der Waals surface area contributed by atoms with E-state index >= 15 is 0 Å². The molecular formula is C24H27F3N6O3S. The molecule has 1 aliphatic carbocycles. The maximum absolute atomic E-state index is 13.9. The first-order chi connectivity index (χ1) is 17.4. The van der Waals surface area contributed by atoms with E-state index in [4.69, 9.17) is 4.74 Å². The van der Waals surface area contributed by atoms with Gasteiger partial charge in [-0.1, -0.05) is 24.3 Å². The summed E-state index contributed by atoms with van der Waals surface area (Å²) in [5.41, 5.74) is 1.74. The third-order valence-corrected chi connectivity index (χ3v) is 7.54. The van der Waals surface area contributed by atoms with Crippen LogP contribution >= 0.6 is 0 Å². The Morgan fingerprint density at radius 1 is 1.16 bits per heavy atom. The van der Waals surface area contributed by atoms with Gasteiger partial charge in [0.15, 0.2) is 0 Å². The Kier molecular flexibility index (Phi) is 7.20. The van der Waals surface area contributed by atoms with Crippen molar-refractivity contribution in [3.8, 4) is 5.75 Å². The zero-order valence-corrected chi connectivity index (χ0v) is 21.4. The maximum atomic E-state index is 13.9. The van der Waals surface area contributed by atoms with Gasteiger partial charge >= 0.3 is 6.18 Å². The summed E-state index contributed by atoms with van der Waals surface area (Å²) >= 11 is 0. The molecule has 1 heterocycles. The van der Waals surface area contributed by atoms with Crippen molar-refractivity contribution in [3.05, 3.63) is 65.4 Å². The summed E-state index contributed by atoms with van der Waals surface area (Å²) in [5.74, 6) is -0.110. The highest BCUT2D eigenvalue weighted by atomic mass is 32.2. The molecule has 0 radical (unpaired) electrons. The van der Waals surface area contributed by atoms with Gasteiger partial charge < -0.3 is 20.7 Å². The predicted molar refractivity (Wildman–Crippen MR) is 136 cm³/mol. The molecule has 0 fully saturated rings. The molecule has 0 saturated carbocycles. The van der Waals surface area contributed by atoms with Crippen molar-refractivity contribution in [1.29, 1.82) is 0 Å². The van der Waals surface area contributed by atoms with E-state index in [1.807, 2.05) is 6.07 Å². The molecule has 4 rings (SSSR count). The Labute approximate surface area is 213 Å². The number of hydrogen-bond acceptors (Lipinski definition) is 8. The largest absolute Gasteiger partial charge is 0.494 e. The van der Waals surface area contributed by atoms with E-state index in [1.54, 1.807) is 43.4 Å². The van der Waals surface area contributed by atoms with Gasteiger partial charge in [0.2, 0.25) is 16.0 Å². The predicted octanol–water partition coefficient (Wildman–Crippen LogP) is 4.26.